The summed E-state index contributed by atoms with van der Waals surface area (Å²) >= 11 is 3.37. The first-order chi connectivity index (χ1) is 7.77. The molecule has 2 aromatic rings. The van der Waals surface area contributed by atoms with E-state index < -0.39 is 0 Å². The number of hydrogen-bond acceptors (Lipinski definition) is 1. The van der Waals surface area contributed by atoms with Gasteiger partial charge in [0.25, 0.3) is 0 Å². The van der Waals surface area contributed by atoms with Crippen LogP contribution in [0.1, 0.15) is 5.56 Å². The van der Waals surface area contributed by atoms with Gasteiger partial charge >= 0.3 is 0 Å². The summed E-state index contributed by atoms with van der Waals surface area (Å²) in [6, 6.07) is 14.1. The number of ether oxygens (including phenoxy) is 1. The molecule has 2 rings (SSSR count). The van der Waals surface area contributed by atoms with Gasteiger partial charge < -0.3 is 4.74 Å². The fourth-order valence-corrected chi connectivity index (χ4v) is 1.73. The molecule has 0 amide bonds. The largest absolute Gasteiger partial charge is 0.488 e. The number of rotatable bonds is 3. The number of benzene rings is 2. The van der Waals surface area contributed by atoms with Crippen molar-refractivity contribution in [2.45, 2.75) is 6.61 Å². The fraction of sp³-hybridized carbons (Fsp3) is 0.0769. The van der Waals surface area contributed by atoms with E-state index in [0.717, 1.165) is 4.47 Å². The molecule has 2 aromatic carbocycles. The molecular formula is C13H10BrFO. The number of para-hydroxylation sites is 1. The van der Waals surface area contributed by atoms with E-state index in [2.05, 4.69) is 15.9 Å². The highest BCUT2D eigenvalue weighted by Gasteiger charge is 2.03. The van der Waals surface area contributed by atoms with Gasteiger partial charge in [-0.2, -0.15) is 0 Å². The van der Waals surface area contributed by atoms with Crippen LogP contribution in [0.25, 0.3) is 0 Å². The van der Waals surface area contributed by atoms with Gasteiger partial charge in [0.15, 0.2) is 0 Å². The second-order valence-corrected chi connectivity index (χ2v) is 4.16. The van der Waals surface area contributed by atoms with Gasteiger partial charge in [-0.1, -0.05) is 30.3 Å². The minimum absolute atomic E-state index is 0.231. The molecule has 0 aromatic heterocycles. The first-order valence-electron chi connectivity index (χ1n) is 4.88. The molecule has 0 heterocycles. The standard InChI is InChI=1S/C13H10BrFO/c14-11-6-2-4-8-13(11)16-9-10-5-1-3-7-12(10)15/h1-8H,9H2. The van der Waals surface area contributed by atoms with E-state index in [0.29, 0.717) is 11.3 Å². The lowest BCUT2D eigenvalue weighted by Crippen LogP contribution is -1.98. The summed E-state index contributed by atoms with van der Waals surface area (Å²) < 4.78 is 19.7. The van der Waals surface area contributed by atoms with Crippen molar-refractivity contribution in [3.63, 3.8) is 0 Å². The lowest BCUT2D eigenvalue weighted by atomic mass is 10.2. The van der Waals surface area contributed by atoms with Crippen LogP contribution >= 0.6 is 15.9 Å². The smallest absolute Gasteiger partial charge is 0.133 e. The third-order valence-electron chi connectivity index (χ3n) is 2.18. The highest BCUT2D eigenvalue weighted by molar-refractivity contribution is 9.10. The van der Waals surface area contributed by atoms with Gasteiger partial charge in [-0.3, -0.25) is 0 Å². The number of halogens is 2. The van der Waals surface area contributed by atoms with E-state index >= 15 is 0 Å². The molecular weight excluding hydrogens is 271 g/mol. The Kier molecular flexibility index (Phi) is 3.57. The van der Waals surface area contributed by atoms with Gasteiger partial charge in [-0.25, -0.2) is 4.39 Å². The van der Waals surface area contributed by atoms with Crippen LogP contribution in [0.15, 0.2) is 53.0 Å². The Morgan fingerprint density at radius 3 is 2.44 bits per heavy atom. The van der Waals surface area contributed by atoms with Gasteiger partial charge in [0.1, 0.15) is 18.2 Å². The lowest BCUT2D eigenvalue weighted by molar-refractivity contribution is 0.298. The van der Waals surface area contributed by atoms with Crippen LogP contribution in [0.5, 0.6) is 5.75 Å². The van der Waals surface area contributed by atoms with Crippen LogP contribution in [0.2, 0.25) is 0 Å². The van der Waals surface area contributed by atoms with Crippen LogP contribution in [-0.2, 0) is 6.61 Å². The van der Waals surface area contributed by atoms with Crippen molar-refractivity contribution in [1.82, 2.24) is 0 Å². The molecule has 82 valence electrons. The minimum atomic E-state index is -0.241. The molecule has 16 heavy (non-hydrogen) atoms. The zero-order chi connectivity index (χ0) is 11.4. The predicted molar refractivity (Wildman–Crippen MR) is 64.9 cm³/mol. The molecule has 0 radical (unpaired) electrons. The van der Waals surface area contributed by atoms with E-state index in [-0.39, 0.29) is 12.4 Å². The highest BCUT2D eigenvalue weighted by Crippen LogP contribution is 2.24. The van der Waals surface area contributed by atoms with Crippen molar-refractivity contribution in [2.75, 3.05) is 0 Å². The average molecular weight is 281 g/mol. The third-order valence-corrected chi connectivity index (χ3v) is 2.83. The average Bonchev–Trinajstić information content (AvgIpc) is 2.30. The molecule has 0 aliphatic heterocycles. The summed E-state index contributed by atoms with van der Waals surface area (Å²) in [5.74, 6) is 0.473. The zero-order valence-electron chi connectivity index (χ0n) is 8.49. The summed E-state index contributed by atoms with van der Waals surface area (Å²) in [6.45, 7) is 0.231. The van der Waals surface area contributed by atoms with Gasteiger partial charge in [-0.05, 0) is 34.1 Å². The van der Waals surface area contributed by atoms with Crippen LogP contribution < -0.4 is 4.74 Å². The second-order valence-electron chi connectivity index (χ2n) is 3.31. The maximum atomic E-state index is 13.3. The van der Waals surface area contributed by atoms with E-state index in [9.17, 15) is 4.39 Å². The molecule has 0 aliphatic carbocycles. The monoisotopic (exact) mass is 280 g/mol. The molecule has 3 heteroatoms. The molecule has 0 fully saturated rings. The third kappa shape index (κ3) is 2.61. The van der Waals surface area contributed by atoms with Crippen LogP contribution in [0.3, 0.4) is 0 Å². The van der Waals surface area contributed by atoms with Gasteiger partial charge in [-0.15, -0.1) is 0 Å². The Balaban J connectivity index is 2.09. The minimum Gasteiger partial charge on any atom is -0.488 e. The first-order valence-corrected chi connectivity index (χ1v) is 5.67. The fourth-order valence-electron chi connectivity index (χ4n) is 1.33. The Hall–Kier alpha value is -1.35. The topological polar surface area (TPSA) is 9.23 Å². The van der Waals surface area contributed by atoms with E-state index in [1.165, 1.54) is 6.07 Å². The van der Waals surface area contributed by atoms with Gasteiger partial charge in [0.05, 0.1) is 4.47 Å². The molecule has 0 atom stereocenters. The molecule has 0 aliphatic rings. The Morgan fingerprint density at radius 1 is 1.00 bits per heavy atom. The molecule has 0 spiro atoms. The normalized spacial score (nSPS) is 10.1. The van der Waals surface area contributed by atoms with E-state index in [4.69, 9.17) is 4.74 Å². The van der Waals surface area contributed by atoms with Gasteiger partial charge in [0, 0.05) is 5.56 Å². The van der Waals surface area contributed by atoms with Crippen molar-refractivity contribution in [3.05, 3.63) is 64.4 Å². The predicted octanol–water partition coefficient (Wildman–Crippen LogP) is 4.17. The zero-order valence-corrected chi connectivity index (χ0v) is 10.1. The molecule has 0 saturated heterocycles. The maximum Gasteiger partial charge on any atom is 0.133 e. The van der Waals surface area contributed by atoms with Crippen LogP contribution in [0.4, 0.5) is 4.39 Å². The van der Waals surface area contributed by atoms with Crippen molar-refractivity contribution in [2.24, 2.45) is 0 Å². The van der Waals surface area contributed by atoms with Crippen LogP contribution in [0, 0.1) is 5.82 Å². The van der Waals surface area contributed by atoms with E-state index in [1.807, 2.05) is 24.3 Å². The molecule has 0 unspecified atom stereocenters. The SMILES string of the molecule is Fc1ccccc1COc1ccccc1Br. The highest BCUT2D eigenvalue weighted by atomic mass is 79.9. The maximum absolute atomic E-state index is 13.3. The second kappa shape index (κ2) is 5.12. The van der Waals surface area contributed by atoms with Crippen LogP contribution in [-0.4, -0.2) is 0 Å². The van der Waals surface area contributed by atoms with Crippen molar-refractivity contribution < 1.29 is 9.13 Å². The first kappa shape index (κ1) is 11.1. The summed E-state index contributed by atoms with van der Waals surface area (Å²) in [7, 11) is 0. The lowest BCUT2D eigenvalue weighted by Gasteiger charge is -2.08. The Labute approximate surface area is 102 Å². The Bertz CT molecular complexity index is 439. The van der Waals surface area contributed by atoms with Crippen molar-refractivity contribution in [3.8, 4) is 5.75 Å². The summed E-state index contributed by atoms with van der Waals surface area (Å²) in [4.78, 5) is 0. The molecule has 0 bridgehead atoms. The molecule has 0 N–H and O–H groups in total. The molecule has 0 saturated carbocycles. The van der Waals surface area contributed by atoms with E-state index in [1.54, 1.807) is 18.2 Å². The Morgan fingerprint density at radius 2 is 1.69 bits per heavy atom. The van der Waals surface area contributed by atoms with Crippen molar-refractivity contribution >= 4 is 15.9 Å². The summed E-state index contributed by atoms with van der Waals surface area (Å²) in [5.41, 5.74) is 0.554. The van der Waals surface area contributed by atoms with Gasteiger partial charge in [0.2, 0.25) is 0 Å². The summed E-state index contributed by atoms with van der Waals surface area (Å²) in [5, 5.41) is 0. The van der Waals surface area contributed by atoms with Crippen molar-refractivity contribution in [1.29, 1.82) is 0 Å². The number of hydrogen-bond donors (Lipinski definition) is 0. The molecule has 1 nitrogen and oxygen atoms in total. The summed E-state index contributed by atoms with van der Waals surface area (Å²) in [6.07, 6.45) is 0. The quantitative estimate of drug-likeness (QED) is 0.820.